The van der Waals surface area contributed by atoms with Crippen LogP contribution < -0.4 is 9.57 Å². The molecule has 0 radical (unpaired) electrons. The monoisotopic (exact) mass is 374 g/mol. The highest BCUT2D eigenvalue weighted by Crippen LogP contribution is 2.16. The zero-order valence-corrected chi connectivity index (χ0v) is 16.5. The van der Waals surface area contributed by atoms with E-state index in [1.54, 1.807) is 19.1 Å². The molecule has 6 heteroatoms. The Balaban J connectivity index is 1.98. The maximum absolute atomic E-state index is 12.4. The van der Waals surface area contributed by atoms with Crippen LogP contribution in [-0.4, -0.2) is 21.2 Å². The molecule has 0 bridgehead atoms. The number of aryl methyl sites for hydroxylation is 2. The fourth-order valence-electron chi connectivity index (χ4n) is 2.28. The van der Waals surface area contributed by atoms with Crippen molar-refractivity contribution in [1.82, 2.24) is 4.83 Å². The van der Waals surface area contributed by atoms with E-state index in [1.807, 2.05) is 37.3 Å². The topological polar surface area (TPSA) is 67.8 Å². The highest BCUT2D eigenvalue weighted by Gasteiger charge is 2.15. The molecule has 0 atom stereocenters. The molecule has 0 unspecified atom stereocenters. The van der Waals surface area contributed by atoms with Gasteiger partial charge in [0.2, 0.25) is 0 Å². The maximum Gasteiger partial charge on any atom is 0.276 e. The van der Waals surface area contributed by atoms with Crippen LogP contribution in [-0.2, 0) is 10.0 Å². The van der Waals surface area contributed by atoms with Gasteiger partial charge in [0.1, 0.15) is 5.75 Å². The predicted molar refractivity (Wildman–Crippen MR) is 105 cm³/mol. The van der Waals surface area contributed by atoms with E-state index in [0.717, 1.165) is 23.3 Å². The van der Waals surface area contributed by atoms with Crippen molar-refractivity contribution in [2.24, 2.45) is 11.0 Å². The highest BCUT2D eigenvalue weighted by atomic mass is 32.2. The van der Waals surface area contributed by atoms with Crippen molar-refractivity contribution in [1.29, 1.82) is 0 Å². The molecule has 2 aromatic carbocycles. The molecular formula is C20H26N2O3S. The number of nitrogens with zero attached hydrogens (tertiary/aromatic N) is 1. The van der Waals surface area contributed by atoms with Crippen LogP contribution in [0.3, 0.4) is 0 Å². The van der Waals surface area contributed by atoms with Gasteiger partial charge in [0, 0.05) is 0 Å². The Bertz CT molecular complexity index is 857. The summed E-state index contributed by atoms with van der Waals surface area (Å²) < 4.78 is 30.4. The molecule has 0 saturated heterocycles. The van der Waals surface area contributed by atoms with Gasteiger partial charge in [-0.15, -0.1) is 0 Å². The molecule has 26 heavy (non-hydrogen) atoms. The second kappa shape index (κ2) is 8.85. The molecule has 2 rings (SSSR count). The van der Waals surface area contributed by atoms with E-state index < -0.39 is 10.0 Å². The molecule has 0 fully saturated rings. The van der Waals surface area contributed by atoms with E-state index in [2.05, 4.69) is 23.8 Å². The number of nitrogens with one attached hydrogen (secondary N) is 1. The Morgan fingerprint density at radius 1 is 1.12 bits per heavy atom. The van der Waals surface area contributed by atoms with Gasteiger partial charge in [0.05, 0.1) is 17.7 Å². The van der Waals surface area contributed by atoms with Gasteiger partial charge in [-0.25, -0.2) is 4.83 Å². The summed E-state index contributed by atoms with van der Waals surface area (Å²) in [6, 6.07) is 12.7. The fourth-order valence-corrected chi connectivity index (χ4v) is 3.40. The summed E-state index contributed by atoms with van der Waals surface area (Å²) in [5.41, 5.74) is 2.35. The number of rotatable bonds is 8. The zero-order chi connectivity index (χ0) is 19.2. The molecule has 0 spiro atoms. The Morgan fingerprint density at radius 3 is 2.46 bits per heavy atom. The van der Waals surface area contributed by atoms with Gasteiger partial charge in [0.15, 0.2) is 0 Å². The summed E-state index contributed by atoms with van der Waals surface area (Å²) >= 11 is 0. The molecule has 5 nitrogen and oxygen atoms in total. The van der Waals surface area contributed by atoms with Crippen molar-refractivity contribution in [2.75, 3.05) is 6.61 Å². The van der Waals surface area contributed by atoms with E-state index in [-0.39, 0.29) is 4.90 Å². The molecule has 0 aromatic heterocycles. The van der Waals surface area contributed by atoms with E-state index in [4.69, 9.17) is 4.74 Å². The van der Waals surface area contributed by atoms with Gasteiger partial charge in [-0.1, -0.05) is 26.0 Å². The highest BCUT2D eigenvalue weighted by molar-refractivity contribution is 7.89. The molecule has 1 N–H and O–H groups in total. The molecule has 0 aliphatic rings. The number of hydrazone groups is 1. The minimum atomic E-state index is -3.68. The molecule has 0 heterocycles. The summed E-state index contributed by atoms with van der Waals surface area (Å²) in [4.78, 5) is 2.50. The van der Waals surface area contributed by atoms with Gasteiger partial charge in [-0.2, -0.15) is 13.5 Å². The molecule has 2 aromatic rings. The zero-order valence-electron chi connectivity index (χ0n) is 15.7. The lowest BCUT2D eigenvalue weighted by molar-refractivity contribution is 0.289. The van der Waals surface area contributed by atoms with Crippen molar-refractivity contribution in [3.8, 4) is 5.75 Å². The van der Waals surface area contributed by atoms with Crippen LogP contribution in [0.25, 0.3) is 0 Å². The third kappa shape index (κ3) is 5.88. The van der Waals surface area contributed by atoms with Gasteiger partial charge in [-0.3, -0.25) is 0 Å². The molecule has 140 valence electrons. The largest absolute Gasteiger partial charge is 0.494 e. The lowest BCUT2D eigenvalue weighted by Crippen LogP contribution is -2.19. The molecule has 0 aliphatic carbocycles. The summed E-state index contributed by atoms with van der Waals surface area (Å²) in [5.74, 6) is 1.39. The Kier molecular flexibility index (Phi) is 6.80. The molecule has 0 aliphatic heterocycles. The number of sulfonamides is 1. The summed E-state index contributed by atoms with van der Waals surface area (Å²) in [6.45, 7) is 8.60. The van der Waals surface area contributed by atoms with Crippen LogP contribution in [0.5, 0.6) is 5.75 Å². The van der Waals surface area contributed by atoms with Gasteiger partial charge in [0.25, 0.3) is 10.0 Å². The quantitative estimate of drug-likeness (QED) is 0.560. The van der Waals surface area contributed by atoms with Crippen LogP contribution in [0.2, 0.25) is 0 Å². The van der Waals surface area contributed by atoms with E-state index in [0.29, 0.717) is 18.1 Å². The third-order valence-corrected chi connectivity index (χ3v) is 5.23. The third-order valence-electron chi connectivity index (χ3n) is 3.86. The van der Waals surface area contributed by atoms with Crippen LogP contribution in [0.15, 0.2) is 52.5 Å². The Hall–Kier alpha value is -2.34. The summed E-state index contributed by atoms with van der Waals surface area (Å²) in [6.07, 6.45) is 2.48. The first kappa shape index (κ1) is 20.0. The van der Waals surface area contributed by atoms with E-state index in [1.165, 1.54) is 6.21 Å². The van der Waals surface area contributed by atoms with Crippen molar-refractivity contribution in [3.63, 3.8) is 0 Å². The van der Waals surface area contributed by atoms with Crippen molar-refractivity contribution in [2.45, 2.75) is 39.0 Å². The molecule has 0 amide bonds. The summed E-state index contributed by atoms with van der Waals surface area (Å²) in [7, 11) is -3.68. The van der Waals surface area contributed by atoms with Crippen molar-refractivity contribution in [3.05, 3.63) is 59.2 Å². The average molecular weight is 375 g/mol. The fraction of sp³-hybridized carbons (Fsp3) is 0.350. The SMILES string of the molecule is Cc1ccc(C)c(S(=O)(=O)NN=Cc2ccc(OCCC(C)C)cc2)c1. The van der Waals surface area contributed by atoms with Crippen LogP contribution >= 0.6 is 0 Å². The van der Waals surface area contributed by atoms with Gasteiger partial charge < -0.3 is 4.74 Å². The Morgan fingerprint density at radius 2 is 1.81 bits per heavy atom. The first-order valence-electron chi connectivity index (χ1n) is 8.63. The lowest BCUT2D eigenvalue weighted by atomic mass is 10.1. The number of ether oxygens (including phenoxy) is 1. The Labute approximate surface area is 156 Å². The first-order chi connectivity index (χ1) is 12.3. The smallest absolute Gasteiger partial charge is 0.276 e. The first-order valence-corrected chi connectivity index (χ1v) is 10.1. The van der Waals surface area contributed by atoms with E-state index in [9.17, 15) is 8.42 Å². The molecule has 0 saturated carbocycles. The van der Waals surface area contributed by atoms with Crippen molar-refractivity contribution >= 4 is 16.2 Å². The van der Waals surface area contributed by atoms with Crippen molar-refractivity contribution < 1.29 is 13.2 Å². The summed E-state index contributed by atoms with van der Waals surface area (Å²) in [5, 5.41) is 3.87. The van der Waals surface area contributed by atoms with Gasteiger partial charge in [-0.05, 0) is 73.2 Å². The number of hydrogen-bond donors (Lipinski definition) is 1. The van der Waals surface area contributed by atoms with Gasteiger partial charge >= 0.3 is 0 Å². The number of benzene rings is 2. The second-order valence-corrected chi connectivity index (χ2v) is 8.35. The standard InChI is InChI=1S/C20H26N2O3S/c1-15(2)11-12-25-19-9-7-18(8-10-19)14-21-22-26(23,24)20-13-16(3)5-6-17(20)4/h5-10,13-15,22H,11-12H2,1-4H3. The lowest BCUT2D eigenvalue weighted by Gasteiger charge is -2.08. The maximum atomic E-state index is 12.4. The van der Waals surface area contributed by atoms with Crippen LogP contribution in [0.4, 0.5) is 0 Å². The van der Waals surface area contributed by atoms with E-state index >= 15 is 0 Å². The van der Waals surface area contributed by atoms with Crippen LogP contribution in [0, 0.1) is 19.8 Å². The average Bonchev–Trinajstić information content (AvgIpc) is 2.58. The normalized spacial score (nSPS) is 11.9. The number of hydrogen-bond acceptors (Lipinski definition) is 4. The minimum absolute atomic E-state index is 0.239. The minimum Gasteiger partial charge on any atom is -0.494 e. The second-order valence-electron chi connectivity index (χ2n) is 6.72. The molecular weight excluding hydrogens is 348 g/mol. The van der Waals surface area contributed by atoms with Crippen LogP contribution in [0.1, 0.15) is 37.0 Å². The predicted octanol–water partition coefficient (Wildman–Crippen LogP) is 4.04.